The maximum atomic E-state index is 9.98. The molecule has 0 aromatic carbocycles. The lowest BCUT2D eigenvalue weighted by atomic mass is 10.5. The lowest BCUT2D eigenvalue weighted by Gasteiger charge is -1.98. The highest BCUT2D eigenvalue weighted by atomic mass is 16.1. The molecule has 0 saturated carbocycles. The molecular weight excluding hydrogens is 114 g/mol. The van der Waals surface area contributed by atoms with Crippen LogP contribution < -0.4 is 0 Å². The van der Waals surface area contributed by atoms with Crippen LogP contribution >= 0.6 is 0 Å². The van der Waals surface area contributed by atoms with E-state index in [2.05, 4.69) is 0 Å². The van der Waals surface area contributed by atoms with Gasteiger partial charge < -0.3 is 0 Å². The molecule has 1 radical (unpaired) electrons. The summed E-state index contributed by atoms with van der Waals surface area (Å²) in [5.74, 6) is 0. The zero-order valence-electron chi connectivity index (χ0n) is 4.82. The largest absolute Gasteiger partial charge is 0.320 e. The quantitative estimate of drug-likeness (QED) is 0.504. The molecule has 1 aliphatic rings. The van der Waals surface area contributed by atoms with E-state index >= 15 is 0 Å². The van der Waals surface area contributed by atoms with E-state index in [4.69, 9.17) is 0 Å². The van der Waals surface area contributed by atoms with Gasteiger partial charge in [0.2, 0.25) is 0 Å². The summed E-state index contributed by atoms with van der Waals surface area (Å²) in [4.78, 5) is 11.3. The Morgan fingerprint density at radius 1 is 1.00 bits per heavy atom. The summed E-state index contributed by atoms with van der Waals surface area (Å²) in [6.07, 6.45) is 12.2. The van der Waals surface area contributed by atoms with Crippen LogP contribution in [0.3, 0.4) is 0 Å². The number of hydrogen-bond acceptors (Lipinski definition) is 1. The van der Waals surface area contributed by atoms with Crippen LogP contribution in [0.15, 0.2) is 36.7 Å². The molecule has 0 aromatic heterocycles. The Hall–Kier alpha value is -1.31. The molecule has 0 N–H and O–H groups in total. The molecule has 1 amide bonds. The van der Waals surface area contributed by atoms with Crippen molar-refractivity contribution in [3.05, 3.63) is 36.7 Å². The molecule has 2 nitrogen and oxygen atoms in total. The second-order valence-electron chi connectivity index (χ2n) is 1.57. The zero-order chi connectivity index (χ0) is 6.53. The Morgan fingerprint density at radius 2 is 1.56 bits per heavy atom. The van der Waals surface area contributed by atoms with Crippen molar-refractivity contribution in [1.29, 1.82) is 0 Å². The number of allylic oxidation sites excluding steroid dienone is 4. The first kappa shape index (κ1) is 5.82. The number of rotatable bonds is 1. The Balaban J connectivity index is 2.69. The van der Waals surface area contributed by atoms with E-state index in [1.807, 2.05) is 12.2 Å². The van der Waals surface area contributed by atoms with Gasteiger partial charge in [-0.3, -0.25) is 9.69 Å². The highest BCUT2D eigenvalue weighted by molar-refractivity contribution is 5.52. The lowest BCUT2D eigenvalue weighted by molar-refractivity contribution is 0.513. The van der Waals surface area contributed by atoms with Crippen LogP contribution in [-0.2, 0) is 4.79 Å². The summed E-state index contributed by atoms with van der Waals surface area (Å²) in [5.41, 5.74) is 0. The highest BCUT2D eigenvalue weighted by Crippen LogP contribution is 1.93. The second kappa shape index (κ2) is 2.87. The molecule has 0 aromatic rings. The third-order valence-electron chi connectivity index (χ3n) is 0.932. The van der Waals surface area contributed by atoms with Crippen LogP contribution in [-0.4, -0.2) is 11.3 Å². The minimum Gasteiger partial charge on any atom is -0.286 e. The minimum absolute atomic E-state index is 1.32. The zero-order valence-corrected chi connectivity index (χ0v) is 4.82. The van der Waals surface area contributed by atoms with Crippen molar-refractivity contribution >= 4 is 6.41 Å². The van der Waals surface area contributed by atoms with E-state index in [-0.39, 0.29) is 0 Å². The van der Waals surface area contributed by atoms with Crippen LogP contribution in [0.4, 0.5) is 0 Å². The van der Waals surface area contributed by atoms with Gasteiger partial charge in [0, 0.05) is 12.4 Å². The average Bonchev–Trinajstić information content (AvgIpc) is 2.13. The Bertz CT molecular complexity index is 163. The van der Waals surface area contributed by atoms with E-state index < -0.39 is 0 Å². The first-order valence-corrected chi connectivity index (χ1v) is 2.61. The SMILES string of the molecule is O=[C]N1C=CC=CC=C1. The van der Waals surface area contributed by atoms with Gasteiger partial charge in [-0.25, -0.2) is 0 Å². The fourth-order valence-corrected chi connectivity index (χ4v) is 0.524. The molecule has 0 spiro atoms. The predicted octanol–water partition coefficient (Wildman–Crippen LogP) is 0.953. The van der Waals surface area contributed by atoms with Crippen molar-refractivity contribution in [2.75, 3.05) is 0 Å². The monoisotopic (exact) mass is 120 g/mol. The third-order valence-corrected chi connectivity index (χ3v) is 0.932. The molecule has 0 saturated heterocycles. The summed E-state index contributed by atoms with van der Waals surface area (Å²) in [6, 6.07) is 0. The fraction of sp³-hybridized carbons (Fsp3) is 0. The van der Waals surface area contributed by atoms with E-state index in [1.54, 1.807) is 31.0 Å². The van der Waals surface area contributed by atoms with Crippen LogP contribution in [0.25, 0.3) is 0 Å². The number of amides is 1. The van der Waals surface area contributed by atoms with Crippen molar-refractivity contribution in [3.63, 3.8) is 0 Å². The molecule has 1 heterocycles. The molecule has 0 atom stereocenters. The van der Waals surface area contributed by atoms with Gasteiger partial charge in [-0.05, 0) is 12.2 Å². The van der Waals surface area contributed by atoms with Crippen LogP contribution in [0.1, 0.15) is 0 Å². The maximum absolute atomic E-state index is 9.98. The van der Waals surface area contributed by atoms with Crippen molar-refractivity contribution in [3.8, 4) is 0 Å². The molecule has 45 valence electrons. The normalized spacial score (nSPS) is 15.8. The Kier molecular flexibility index (Phi) is 1.85. The van der Waals surface area contributed by atoms with E-state index in [0.29, 0.717) is 0 Å². The summed E-state index contributed by atoms with van der Waals surface area (Å²) in [6.45, 7) is 0. The van der Waals surface area contributed by atoms with Crippen molar-refractivity contribution in [2.45, 2.75) is 0 Å². The van der Waals surface area contributed by atoms with E-state index in [9.17, 15) is 4.79 Å². The van der Waals surface area contributed by atoms with Gasteiger partial charge in [-0.2, -0.15) is 0 Å². The van der Waals surface area contributed by atoms with Gasteiger partial charge >= 0.3 is 6.41 Å². The standard InChI is InChI=1S/C7H6NO/c9-7-8-5-3-1-2-4-6-8/h1-6H. The lowest BCUT2D eigenvalue weighted by Crippen LogP contribution is -2.03. The van der Waals surface area contributed by atoms with Gasteiger partial charge in [-0.15, -0.1) is 0 Å². The van der Waals surface area contributed by atoms with Crippen molar-refractivity contribution in [1.82, 2.24) is 4.90 Å². The average molecular weight is 120 g/mol. The summed E-state index contributed by atoms with van der Waals surface area (Å²) in [5, 5.41) is 0. The predicted molar refractivity (Wildman–Crippen MR) is 35.0 cm³/mol. The van der Waals surface area contributed by atoms with Gasteiger partial charge in [0.25, 0.3) is 0 Å². The van der Waals surface area contributed by atoms with E-state index in [1.165, 1.54) is 4.90 Å². The van der Waals surface area contributed by atoms with Gasteiger partial charge in [0.15, 0.2) is 0 Å². The van der Waals surface area contributed by atoms with Gasteiger partial charge in [-0.1, -0.05) is 12.2 Å². The Morgan fingerprint density at radius 3 is 2.00 bits per heavy atom. The molecular formula is C7H6NO. The Labute approximate surface area is 53.8 Å². The van der Waals surface area contributed by atoms with Gasteiger partial charge in [0.1, 0.15) is 0 Å². The molecule has 1 aliphatic heterocycles. The molecule has 0 aliphatic carbocycles. The molecule has 0 fully saturated rings. The van der Waals surface area contributed by atoms with Crippen molar-refractivity contribution < 1.29 is 4.79 Å². The topological polar surface area (TPSA) is 20.3 Å². The number of hydrogen-bond donors (Lipinski definition) is 0. The summed E-state index contributed by atoms with van der Waals surface area (Å²) >= 11 is 0. The van der Waals surface area contributed by atoms with Crippen LogP contribution in [0.5, 0.6) is 0 Å². The molecule has 0 bridgehead atoms. The van der Waals surface area contributed by atoms with Crippen LogP contribution in [0.2, 0.25) is 0 Å². The van der Waals surface area contributed by atoms with Crippen molar-refractivity contribution in [2.24, 2.45) is 0 Å². The summed E-state index contributed by atoms with van der Waals surface area (Å²) < 4.78 is 0. The number of nitrogens with zero attached hydrogens (tertiary/aromatic N) is 1. The molecule has 1 rings (SSSR count). The smallest absolute Gasteiger partial charge is 0.286 e. The molecule has 0 unspecified atom stereocenters. The first-order chi connectivity index (χ1) is 4.43. The third kappa shape index (κ3) is 1.57. The summed E-state index contributed by atoms with van der Waals surface area (Å²) in [7, 11) is 0. The number of carbonyl (C=O) groups excluding carboxylic acids is 1. The second-order valence-corrected chi connectivity index (χ2v) is 1.57. The molecule has 2 heteroatoms. The van der Waals surface area contributed by atoms with E-state index in [0.717, 1.165) is 0 Å². The minimum atomic E-state index is 1.32. The fourth-order valence-electron chi connectivity index (χ4n) is 0.524. The van der Waals surface area contributed by atoms with Gasteiger partial charge in [0.05, 0.1) is 0 Å². The highest BCUT2D eigenvalue weighted by Gasteiger charge is 1.88. The van der Waals surface area contributed by atoms with Crippen LogP contribution in [0, 0.1) is 0 Å². The molecule has 9 heavy (non-hydrogen) atoms. The first-order valence-electron chi connectivity index (χ1n) is 2.61. The maximum Gasteiger partial charge on any atom is 0.320 e.